The van der Waals surface area contributed by atoms with Gasteiger partial charge in [0.05, 0.1) is 17.6 Å². The molecule has 0 aromatic carbocycles. The second-order valence-electron chi connectivity index (χ2n) is 5.53. The minimum atomic E-state index is 0.450. The van der Waals surface area contributed by atoms with Crippen LogP contribution in [0.15, 0.2) is 18.3 Å². The molecule has 0 amide bonds. The van der Waals surface area contributed by atoms with Crippen molar-refractivity contribution in [3.05, 3.63) is 29.6 Å². The van der Waals surface area contributed by atoms with E-state index in [1.165, 1.54) is 17.6 Å². The molecular formula is C14H20N2. The lowest BCUT2D eigenvalue weighted by atomic mass is 9.77. The first-order valence-corrected chi connectivity index (χ1v) is 5.89. The Morgan fingerprint density at radius 2 is 2.12 bits per heavy atom. The molecule has 1 aliphatic rings. The van der Waals surface area contributed by atoms with Crippen LogP contribution in [0, 0.1) is 12.3 Å². The van der Waals surface area contributed by atoms with Crippen LogP contribution < -0.4 is 5.73 Å². The highest BCUT2D eigenvalue weighted by Gasteiger charge is 2.22. The topological polar surface area (TPSA) is 38.9 Å². The van der Waals surface area contributed by atoms with Crippen LogP contribution in [-0.2, 0) is 0 Å². The zero-order valence-electron chi connectivity index (χ0n) is 10.4. The summed E-state index contributed by atoms with van der Waals surface area (Å²) < 4.78 is 0. The monoisotopic (exact) mass is 216 g/mol. The van der Waals surface area contributed by atoms with Crippen LogP contribution in [0.3, 0.4) is 0 Å². The number of allylic oxidation sites excluding steroid dienone is 2. The van der Waals surface area contributed by atoms with Crippen LogP contribution in [-0.4, -0.2) is 4.98 Å². The van der Waals surface area contributed by atoms with Crippen LogP contribution in [0.2, 0.25) is 0 Å². The van der Waals surface area contributed by atoms with Crippen LogP contribution in [0.5, 0.6) is 0 Å². The Morgan fingerprint density at radius 3 is 2.69 bits per heavy atom. The average molecular weight is 216 g/mol. The van der Waals surface area contributed by atoms with E-state index in [0.29, 0.717) is 5.41 Å². The number of aryl methyl sites for hydroxylation is 1. The summed E-state index contributed by atoms with van der Waals surface area (Å²) in [4.78, 5) is 4.46. The zero-order valence-corrected chi connectivity index (χ0v) is 10.4. The molecule has 1 aromatic rings. The minimum Gasteiger partial charge on any atom is -0.397 e. The summed E-state index contributed by atoms with van der Waals surface area (Å²) in [5.74, 6) is 0. The quantitative estimate of drug-likeness (QED) is 0.779. The molecule has 0 aliphatic heterocycles. The molecule has 1 aliphatic carbocycles. The highest BCUT2D eigenvalue weighted by molar-refractivity contribution is 5.67. The van der Waals surface area contributed by atoms with Gasteiger partial charge in [-0.25, -0.2) is 0 Å². The zero-order chi connectivity index (χ0) is 11.8. The fourth-order valence-corrected chi connectivity index (χ4v) is 2.22. The molecule has 2 heteroatoms. The number of nitrogens with two attached hydrogens (primary N) is 1. The molecule has 0 atom stereocenters. The van der Waals surface area contributed by atoms with Gasteiger partial charge < -0.3 is 5.73 Å². The highest BCUT2D eigenvalue weighted by atomic mass is 14.7. The summed E-state index contributed by atoms with van der Waals surface area (Å²) in [7, 11) is 0. The summed E-state index contributed by atoms with van der Waals surface area (Å²) in [5, 5.41) is 0. The van der Waals surface area contributed by atoms with E-state index in [4.69, 9.17) is 5.73 Å². The lowest BCUT2D eigenvalue weighted by Gasteiger charge is -2.28. The molecule has 1 heterocycles. The Labute approximate surface area is 97.6 Å². The van der Waals surface area contributed by atoms with Crippen molar-refractivity contribution in [3.8, 4) is 0 Å². The summed E-state index contributed by atoms with van der Waals surface area (Å²) >= 11 is 0. The number of nitrogen functional groups attached to an aromatic ring is 1. The normalized spacial score (nSPS) is 19.3. The SMILES string of the molecule is Cc1cc(N)cnc1C1=CCC(C)(C)CC1. The van der Waals surface area contributed by atoms with Gasteiger partial charge in [-0.15, -0.1) is 0 Å². The van der Waals surface area contributed by atoms with Crippen LogP contribution in [0.4, 0.5) is 5.69 Å². The van der Waals surface area contributed by atoms with Crippen LogP contribution in [0.25, 0.3) is 5.57 Å². The molecule has 0 unspecified atom stereocenters. The number of rotatable bonds is 1. The maximum absolute atomic E-state index is 5.72. The van der Waals surface area contributed by atoms with E-state index in [1.807, 2.05) is 6.07 Å². The molecule has 2 rings (SSSR count). The van der Waals surface area contributed by atoms with Crippen molar-refractivity contribution in [3.63, 3.8) is 0 Å². The number of aromatic nitrogens is 1. The second kappa shape index (κ2) is 3.93. The lowest BCUT2D eigenvalue weighted by Crippen LogP contribution is -2.14. The van der Waals surface area contributed by atoms with Gasteiger partial charge in [-0.2, -0.15) is 0 Å². The van der Waals surface area contributed by atoms with Crippen LogP contribution >= 0.6 is 0 Å². The average Bonchev–Trinajstić information content (AvgIpc) is 2.19. The first-order valence-electron chi connectivity index (χ1n) is 5.89. The van der Waals surface area contributed by atoms with Gasteiger partial charge in [0.2, 0.25) is 0 Å². The van der Waals surface area contributed by atoms with Crippen molar-refractivity contribution in [1.82, 2.24) is 4.98 Å². The van der Waals surface area contributed by atoms with E-state index >= 15 is 0 Å². The van der Waals surface area contributed by atoms with Gasteiger partial charge in [0, 0.05) is 0 Å². The molecule has 0 radical (unpaired) electrons. The number of nitrogens with zero attached hydrogens (tertiary/aromatic N) is 1. The maximum atomic E-state index is 5.72. The molecule has 0 bridgehead atoms. The predicted octanol–water partition coefficient (Wildman–Crippen LogP) is 3.57. The summed E-state index contributed by atoms with van der Waals surface area (Å²) in [6.45, 7) is 6.73. The van der Waals surface area contributed by atoms with Crippen LogP contribution in [0.1, 0.15) is 44.4 Å². The van der Waals surface area contributed by atoms with E-state index in [2.05, 4.69) is 31.8 Å². The molecule has 86 valence electrons. The first kappa shape index (κ1) is 11.2. The van der Waals surface area contributed by atoms with Gasteiger partial charge in [-0.05, 0) is 48.8 Å². The molecule has 1 aromatic heterocycles. The Balaban J connectivity index is 2.29. The van der Waals surface area contributed by atoms with Crippen molar-refractivity contribution in [2.24, 2.45) is 5.41 Å². The maximum Gasteiger partial charge on any atom is 0.0689 e. The van der Waals surface area contributed by atoms with E-state index in [9.17, 15) is 0 Å². The van der Waals surface area contributed by atoms with E-state index < -0.39 is 0 Å². The summed E-state index contributed by atoms with van der Waals surface area (Å²) in [6.07, 6.45) is 7.61. The molecule has 2 nitrogen and oxygen atoms in total. The first-order chi connectivity index (χ1) is 7.48. The Morgan fingerprint density at radius 1 is 1.38 bits per heavy atom. The van der Waals surface area contributed by atoms with E-state index in [1.54, 1.807) is 6.20 Å². The minimum absolute atomic E-state index is 0.450. The third kappa shape index (κ3) is 2.26. The Bertz CT molecular complexity index is 430. The fourth-order valence-electron chi connectivity index (χ4n) is 2.22. The summed E-state index contributed by atoms with van der Waals surface area (Å²) in [5.41, 5.74) is 10.6. The number of anilines is 1. The third-order valence-electron chi connectivity index (χ3n) is 3.38. The Kier molecular flexibility index (Phi) is 2.75. The van der Waals surface area contributed by atoms with Crippen molar-refractivity contribution in [2.45, 2.75) is 40.0 Å². The van der Waals surface area contributed by atoms with Crippen molar-refractivity contribution < 1.29 is 0 Å². The van der Waals surface area contributed by atoms with Gasteiger partial charge in [0.25, 0.3) is 0 Å². The van der Waals surface area contributed by atoms with Gasteiger partial charge in [-0.1, -0.05) is 19.9 Å². The largest absolute Gasteiger partial charge is 0.397 e. The number of pyridine rings is 1. The molecule has 0 fully saturated rings. The van der Waals surface area contributed by atoms with Gasteiger partial charge in [-0.3, -0.25) is 4.98 Å². The van der Waals surface area contributed by atoms with Gasteiger partial charge in [0.1, 0.15) is 0 Å². The highest BCUT2D eigenvalue weighted by Crippen LogP contribution is 2.38. The van der Waals surface area contributed by atoms with Gasteiger partial charge in [0.15, 0.2) is 0 Å². The van der Waals surface area contributed by atoms with Crippen molar-refractivity contribution >= 4 is 11.3 Å². The lowest BCUT2D eigenvalue weighted by molar-refractivity contribution is 0.334. The number of hydrogen-bond donors (Lipinski definition) is 1. The molecule has 0 saturated carbocycles. The van der Waals surface area contributed by atoms with E-state index in [-0.39, 0.29) is 0 Å². The third-order valence-corrected chi connectivity index (χ3v) is 3.38. The smallest absolute Gasteiger partial charge is 0.0689 e. The number of hydrogen-bond acceptors (Lipinski definition) is 2. The molecule has 0 saturated heterocycles. The van der Waals surface area contributed by atoms with Crippen molar-refractivity contribution in [2.75, 3.05) is 5.73 Å². The fraction of sp³-hybridized carbons (Fsp3) is 0.500. The van der Waals surface area contributed by atoms with Crippen molar-refractivity contribution in [1.29, 1.82) is 0 Å². The standard InChI is InChI=1S/C14H20N2/c1-10-8-12(15)9-16-13(10)11-4-6-14(2,3)7-5-11/h4,8-9H,5-7,15H2,1-3H3. The van der Waals surface area contributed by atoms with E-state index in [0.717, 1.165) is 24.2 Å². The molecule has 2 N–H and O–H groups in total. The summed E-state index contributed by atoms with van der Waals surface area (Å²) in [6, 6.07) is 2.00. The molecular weight excluding hydrogens is 196 g/mol. The second-order valence-corrected chi connectivity index (χ2v) is 5.53. The predicted molar refractivity (Wildman–Crippen MR) is 69.0 cm³/mol. The molecule has 16 heavy (non-hydrogen) atoms. The van der Waals surface area contributed by atoms with Gasteiger partial charge >= 0.3 is 0 Å². The Hall–Kier alpha value is -1.31. The molecule has 0 spiro atoms.